The maximum absolute atomic E-state index is 5.35. The van der Waals surface area contributed by atoms with Crippen molar-refractivity contribution in [3.05, 3.63) is 12.0 Å². The van der Waals surface area contributed by atoms with E-state index in [1.54, 1.807) is 13.4 Å². The first-order valence-corrected chi connectivity index (χ1v) is 5.30. The number of oxazole rings is 1. The van der Waals surface area contributed by atoms with Crippen LogP contribution in [0.25, 0.3) is 0 Å². The Hall–Kier alpha value is -1.11. The first kappa shape index (κ1) is 10.1. The molecule has 0 N–H and O–H groups in total. The summed E-state index contributed by atoms with van der Waals surface area (Å²) in [6, 6.07) is 0.607. The molecule has 16 heavy (non-hydrogen) atoms. The first-order valence-electron chi connectivity index (χ1n) is 5.30. The average molecular weight is 226 g/mol. The van der Waals surface area contributed by atoms with Crippen LogP contribution < -0.4 is 4.90 Å². The summed E-state index contributed by atoms with van der Waals surface area (Å²) in [6.07, 6.45) is 1.34. The SMILES string of the molecule is COC1CN(c2nc(C3OC(C)O3)co2)C1. The highest BCUT2D eigenvalue weighted by Crippen LogP contribution is 2.32. The molecule has 0 atom stereocenters. The zero-order valence-electron chi connectivity index (χ0n) is 9.25. The van der Waals surface area contributed by atoms with Gasteiger partial charge in [-0.25, -0.2) is 0 Å². The first-order chi connectivity index (χ1) is 7.76. The Morgan fingerprint density at radius 3 is 2.81 bits per heavy atom. The van der Waals surface area contributed by atoms with Crippen molar-refractivity contribution >= 4 is 6.01 Å². The number of hydrogen-bond acceptors (Lipinski definition) is 6. The molecule has 1 aromatic heterocycles. The molecule has 2 saturated heterocycles. The van der Waals surface area contributed by atoms with Crippen LogP contribution in [-0.4, -0.2) is 37.6 Å². The second-order valence-electron chi connectivity index (χ2n) is 3.99. The largest absolute Gasteiger partial charge is 0.432 e. The number of aromatic nitrogens is 1. The van der Waals surface area contributed by atoms with E-state index in [-0.39, 0.29) is 18.7 Å². The summed E-state index contributed by atoms with van der Waals surface area (Å²) in [4.78, 5) is 6.32. The van der Waals surface area contributed by atoms with Crippen molar-refractivity contribution < 1.29 is 18.6 Å². The van der Waals surface area contributed by atoms with E-state index in [2.05, 4.69) is 4.98 Å². The van der Waals surface area contributed by atoms with Crippen molar-refractivity contribution in [2.75, 3.05) is 25.1 Å². The fraction of sp³-hybridized carbons (Fsp3) is 0.700. The maximum atomic E-state index is 5.35. The summed E-state index contributed by atoms with van der Waals surface area (Å²) in [7, 11) is 1.71. The van der Waals surface area contributed by atoms with Gasteiger partial charge in [-0.15, -0.1) is 0 Å². The molecule has 0 saturated carbocycles. The summed E-state index contributed by atoms with van der Waals surface area (Å²) in [5.74, 6) is 0. The molecule has 1 aromatic rings. The van der Waals surface area contributed by atoms with Gasteiger partial charge in [0.15, 0.2) is 6.29 Å². The van der Waals surface area contributed by atoms with Crippen molar-refractivity contribution in [3.8, 4) is 0 Å². The summed E-state index contributed by atoms with van der Waals surface area (Å²) >= 11 is 0. The molecule has 0 spiro atoms. The molecule has 0 amide bonds. The quantitative estimate of drug-likeness (QED) is 0.763. The van der Waals surface area contributed by atoms with E-state index < -0.39 is 0 Å². The van der Waals surface area contributed by atoms with E-state index >= 15 is 0 Å². The number of ether oxygens (including phenoxy) is 3. The molecule has 0 unspecified atom stereocenters. The van der Waals surface area contributed by atoms with Gasteiger partial charge < -0.3 is 23.5 Å². The van der Waals surface area contributed by atoms with Crippen LogP contribution in [0.4, 0.5) is 6.01 Å². The number of nitrogens with zero attached hydrogens (tertiary/aromatic N) is 2. The number of rotatable bonds is 3. The Labute approximate surface area is 93.1 Å². The molecule has 2 aliphatic rings. The van der Waals surface area contributed by atoms with Gasteiger partial charge in [-0.05, 0) is 6.92 Å². The molecule has 6 nitrogen and oxygen atoms in total. The van der Waals surface area contributed by atoms with Gasteiger partial charge in [-0.3, -0.25) is 0 Å². The molecule has 0 aromatic carbocycles. The zero-order chi connectivity index (χ0) is 11.1. The van der Waals surface area contributed by atoms with E-state index in [1.807, 2.05) is 11.8 Å². The van der Waals surface area contributed by atoms with Crippen molar-refractivity contribution in [2.24, 2.45) is 0 Å². The van der Waals surface area contributed by atoms with Gasteiger partial charge >= 0.3 is 0 Å². The Morgan fingerprint density at radius 1 is 1.44 bits per heavy atom. The van der Waals surface area contributed by atoms with Gasteiger partial charge in [-0.1, -0.05) is 0 Å². The van der Waals surface area contributed by atoms with Gasteiger partial charge in [0.25, 0.3) is 6.01 Å². The number of anilines is 1. The van der Waals surface area contributed by atoms with Gasteiger partial charge in [0.1, 0.15) is 12.0 Å². The normalized spacial score (nSPS) is 30.0. The molecule has 3 heterocycles. The molecule has 88 valence electrons. The van der Waals surface area contributed by atoms with E-state index in [9.17, 15) is 0 Å². The predicted octanol–water partition coefficient (Wildman–Crippen LogP) is 0.901. The third-order valence-corrected chi connectivity index (χ3v) is 2.83. The molecule has 0 radical (unpaired) electrons. The van der Waals surface area contributed by atoms with Crippen LogP contribution in [0, 0.1) is 0 Å². The lowest BCUT2D eigenvalue weighted by Gasteiger charge is -2.36. The molecule has 0 bridgehead atoms. The topological polar surface area (TPSA) is 57.0 Å². The minimum absolute atomic E-state index is 0.146. The van der Waals surface area contributed by atoms with Crippen molar-refractivity contribution in [1.29, 1.82) is 0 Å². The summed E-state index contributed by atoms with van der Waals surface area (Å²) in [5.41, 5.74) is 0.689. The van der Waals surface area contributed by atoms with E-state index in [4.69, 9.17) is 18.6 Å². The summed E-state index contributed by atoms with van der Waals surface area (Å²) in [6.45, 7) is 3.48. The van der Waals surface area contributed by atoms with Crippen molar-refractivity contribution in [3.63, 3.8) is 0 Å². The fourth-order valence-corrected chi connectivity index (χ4v) is 1.77. The minimum Gasteiger partial charge on any atom is -0.432 e. The smallest absolute Gasteiger partial charge is 0.297 e. The molecule has 3 rings (SSSR count). The fourth-order valence-electron chi connectivity index (χ4n) is 1.77. The predicted molar refractivity (Wildman–Crippen MR) is 53.9 cm³/mol. The molecular formula is C10H14N2O4. The van der Waals surface area contributed by atoms with E-state index in [1.165, 1.54) is 0 Å². The molecule has 6 heteroatoms. The highest BCUT2D eigenvalue weighted by atomic mass is 16.9. The second kappa shape index (κ2) is 3.73. The number of methoxy groups -OCH3 is 1. The highest BCUT2D eigenvalue weighted by Gasteiger charge is 2.34. The monoisotopic (exact) mass is 226 g/mol. The van der Waals surface area contributed by atoms with Gasteiger partial charge in [-0.2, -0.15) is 4.98 Å². The molecule has 2 fully saturated rings. The van der Waals surface area contributed by atoms with Crippen LogP contribution in [-0.2, 0) is 14.2 Å². The maximum Gasteiger partial charge on any atom is 0.297 e. The standard InChI is InChI=1S/C10H14N2O4/c1-6-15-9(16-6)8-5-14-10(11-8)12-3-7(4-12)13-2/h5-7,9H,3-4H2,1-2H3. The summed E-state index contributed by atoms with van der Waals surface area (Å²) < 4.78 is 21.2. The summed E-state index contributed by atoms with van der Waals surface area (Å²) in [5, 5.41) is 0. The van der Waals surface area contributed by atoms with Crippen molar-refractivity contribution in [2.45, 2.75) is 25.6 Å². The van der Waals surface area contributed by atoms with Crippen LogP contribution in [0.15, 0.2) is 10.7 Å². The lowest BCUT2D eigenvalue weighted by molar-refractivity contribution is -0.383. The third-order valence-electron chi connectivity index (χ3n) is 2.83. The number of hydrogen-bond donors (Lipinski definition) is 0. The Kier molecular flexibility index (Phi) is 2.34. The average Bonchev–Trinajstić information content (AvgIpc) is 2.60. The van der Waals surface area contributed by atoms with Gasteiger partial charge in [0, 0.05) is 7.11 Å². The lowest BCUT2D eigenvalue weighted by Crippen LogP contribution is -2.52. The third kappa shape index (κ3) is 1.59. The van der Waals surface area contributed by atoms with Crippen molar-refractivity contribution in [1.82, 2.24) is 4.98 Å². The molecule has 2 aliphatic heterocycles. The molecular weight excluding hydrogens is 212 g/mol. The van der Waals surface area contributed by atoms with E-state index in [0.717, 1.165) is 13.1 Å². The lowest BCUT2D eigenvalue weighted by atomic mass is 10.2. The van der Waals surface area contributed by atoms with Crippen LogP contribution in [0.2, 0.25) is 0 Å². The minimum atomic E-state index is -0.369. The second-order valence-corrected chi connectivity index (χ2v) is 3.99. The Morgan fingerprint density at radius 2 is 2.19 bits per heavy atom. The van der Waals surface area contributed by atoms with E-state index in [0.29, 0.717) is 11.7 Å². The van der Waals surface area contributed by atoms with Crippen LogP contribution in [0.3, 0.4) is 0 Å². The van der Waals surface area contributed by atoms with Crippen LogP contribution in [0.1, 0.15) is 18.9 Å². The zero-order valence-corrected chi connectivity index (χ0v) is 9.25. The van der Waals surface area contributed by atoms with Gasteiger partial charge in [0.2, 0.25) is 6.29 Å². The highest BCUT2D eigenvalue weighted by molar-refractivity contribution is 5.32. The Bertz CT molecular complexity index is 369. The Balaban J connectivity index is 1.61. The van der Waals surface area contributed by atoms with Gasteiger partial charge in [0.05, 0.1) is 19.2 Å². The van der Waals surface area contributed by atoms with Crippen LogP contribution >= 0.6 is 0 Å². The molecule has 0 aliphatic carbocycles. The van der Waals surface area contributed by atoms with Crippen LogP contribution in [0.5, 0.6) is 0 Å².